The topological polar surface area (TPSA) is 53.9 Å². The van der Waals surface area contributed by atoms with Crippen LogP contribution in [0.2, 0.25) is 0 Å². The largest absolute Gasteiger partial charge is 0.355 e. The average Bonchev–Trinajstić information content (AvgIpc) is 2.70. The van der Waals surface area contributed by atoms with E-state index in [0.29, 0.717) is 5.95 Å². The fourth-order valence-corrected chi connectivity index (χ4v) is 3.46. The van der Waals surface area contributed by atoms with Gasteiger partial charge in [0.2, 0.25) is 5.95 Å². The molecule has 5 nitrogen and oxygen atoms in total. The molecule has 1 fully saturated rings. The average molecular weight is 345 g/mol. The van der Waals surface area contributed by atoms with Crippen LogP contribution in [-0.2, 0) is 6.42 Å². The summed E-state index contributed by atoms with van der Waals surface area (Å²) in [7, 11) is 0. The number of benzene rings is 2. The van der Waals surface area contributed by atoms with Crippen molar-refractivity contribution in [3.8, 4) is 0 Å². The van der Waals surface area contributed by atoms with Crippen LogP contribution in [0, 0.1) is 5.92 Å². The van der Waals surface area contributed by atoms with E-state index in [1.165, 1.54) is 18.4 Å². The van der Waals surface area contributed by atoms with Gasteiger partial charge in [-0.1, -0.05) is 48.5 Å². The van der Waals surface area contributed by atoms with Crippen molar-refractivity contribution >= 4 is 17.5 Å². The number of para-hydroxylation sites is 1. The molecule has 0 saturated carbocycles. The summed E-state index contributed by atoms with van der Waals surface area (Å²) in [5, 5.41) is 11.4. The zero-order valence-corrected chi connectivity index (χ0v) is 14.8. The van der Waals surface area contributed by atoms with E-state index in [1.54, 1.807) is 6.20 Å². The Labute approximate surface area is 154 Å². The highest BCUT2D eigenvalue weighted by Gasteiger charge is 2.21. The lowest BCUT2D eigenvalue weighted by atomic mass is 9.90. The normalized spacial score (nSPS) is 15.0. The number of aromatic nitrogens is 3. The van der Waals surface area contributed by atoms with Gasteiger partial charge in [0.25, 0.3) is 0 Å². The SMILES string of the molecule is c1ccc(CC2CCN(c3cnnc(Nc4ccccc4)n3)CC2)cc1. The molecule has 3 aromatic rings. The highest BCUT2D eigenvalue weighted by molar-refractivity contribution is 5.54. The molecule has 1 N–H and O–H groups in total. The smallest absolute Gasteiger partial charge is 0.249 e. The Morgan fingerprint density at radius 3 is 2.35 bits per heavy atom. The van der Waals surface area contributed by atoms with E-state index in [4.69, 9.17) is 0 Å². The minimum Gasteiger partial charge on any atom is -0.355 e. The second-order valence-corrected chi connectivity index (χ2v) is 6.75. The minimum absolute atomic E-state index is 0.542. The Balaban J connectivity index is 1.36. The predicted molar refractivity (Wildman–Crippen MR) is 105 cm³/mol. The molecular formula is C21H23N5. The zero-order valence-electron chi connectivity index (χ0n) is 14.8. The number of nitrogens with one attached hydrogen (secondary N) is 1. The molecule has 26 heavy (non-hydrogen) atoms. The molecule has 2 heterocycles. The number of piperidine rings is 1. The first-order valence-corrected chi connectivity index (χ1v) is 9.17. The lowest BCUT2D eigenvalue weighted by molar-refractivity contribution is 0.402. The van der Waals surface area contributed by atoms with Gasteiger partial charge < -0.3 is 10.2 Å². The second-order valence-electron chi connectivity index (χ2n) is 6.75. The summed E-state index contributed by atoms with van der Waals surface area (Å²) in [5.74, 6) is 2.18. The molecule has 0 amide bonds. The van der Waals surface area contributed by atoms with E-state index in [9.17, 15) is 0 Å². The molecule has 4 rings (SSSR count). The molecule has 0 radical (unpaired) electrons. The molecule has 0 spiro atoms. The Kier molecular flexibility index (Phi) is 5.05. The summed E-state index contributed by atoms with van der Waals surface area (Å²) in [5.41, 5.74) is 2.40. The van der Waals surface area contributed by atoms with Crippen molar-refractivity contribution in [3.05, 3.63) is 72.4 Å². The molecule has 5 heteroatoms. The van der Waals surface area contributed by atoms with Gasteiger partial charge in [0.15, 0.2) is 5.82 Å². The quantitative estimate of drug-likeness (QED) is 0.755. The molecule has 0 bridgehead atoms. The van der Waals surface area contributed by atoms with Crippen molar-refractivity contribution in [2.45, 2.75) is 19.3 Å². The van der Waals surface area contributed by atoms with Crippen molar-refractivity contribution in [2.75, 3.05) is 23.3 Å². The van der Waals surface area contributed by atoms with Crippen molar-refractivity contribution in [1.82, 2.24) is 15.2 Å². The summed E-state index contributed by atoms with van der Waals surface area (Å²) in [6.45, 7) is 2.03. The Morgan fingerprint density at radius 1 is 0.923 bits per heavy atom. The molecule has 1 aromatic heterocycles. The van der Waals surface area contributed by atoms with Crippen LogP contribution in [0.5, 0.6) is 0 Å². The van der Waals surface area contributed by atoms with Crippen molar-refractivity contribution in [1.29, 1.82) is 0 Å². The fourth-order valence-electron chi connectivity index (χ4n) is 3.46. The number of hydrogen-bond acceptors (Lipinski definition) is 5. The van der Waals surface area contributed by atoms with Gasteiger partial charge in [-0.2, -0.15) is 10.1 Å². The summed E-state index contributed by atoms with van der Waals surface area (Å²) < 4.78 is 0. The van der Waals surface area contributed by atoms with Crippen molar-refractivity contribution in [3.63, 3.8) is 0 Å². The summed E-state index contributed by atoms with van der Waals surface area (Å²) >= 11 is 0. The Bertz CT molecular complexity index is 814. The molecular weight excluding hydrogens is 322 g/mol. The molecule has 132 valence electrons. The number of hydrogen-bond donors (Lipinski definition) is 1. The van der Waals surface area contributed by atoms with Gasteiger partial charge in [0, 0.05) is 18.8 Å². The van der Waals surface area contributed by atoms with Gasteiger partial charge >= 0.3 is 0 Å². The van der Waals surface area contributed by atoms with Crippen LogP contribution in [0.25, 0.3) is 0 Å². The number of rotatable bonds is 5. The highest BCUT2D eigenvalue weighted by Crippen LogP contribution is 2.25. The molecule has 1 saturated heterocycles. The van der Waals surface area contributed by atoms with Gasteiger partial charge in [0.1, 0.15) is 0 Å². The zero-order chi connectivity index (χ0) is 17.6. The maximum Gasteiger partial charge on any atom is 0.249 e. The van der Waals surface area contributed by atoms with E-state index in [-0.39, 0.29) is 0 Å². The molecule has 1 aliphatic heterocycles. The van der Waals surface area contributed by atoms with Crippen LogP contribution < -0.4 is 10.2 Å². The third-order valence-electron chi connectivity index (χ3n) is 4.88. The van der Waals surface area contributed by atoms with Crippen LogP contribution >= 0.6 is 0 Å². The maximum absolute atomic E-state index is 4.64. The van der Waals surface area contributed by atoms with E-state index < -0.39 is 0 Å². The molecule has 0 aliphatic carbocycles. The van der Waals surface area contributed by atoms with E-state index in [0.717, 1.165) is 36.9 Å². The van der Waals surface area contributed by atoms with Crippen LogP contribution in [0.3, 0.4) is 0 Å². The molecule has 0 atom stereocenters. The molecule has 1 aliphatic rings. The van der Waals surface area contributed by atoms with E-state index in [1.807, 2.05) is 30.3 Å². The first kappa shape index (κ1) is 16.5. The molecule has 0 unspecified atom stereocenters. The van der Waals surface area contributed by atoms with Gasteiger partial charge in [-0.25, -0.2) is 0 Å². The summed E-state index contributed by atoms with van der Waals surface area (Å²) in [4.78, 5) is 6.95. The number of anilines is 3. The summed E-state index contributed by atoms with van der Waals surface area (Å²) in [6, 6.07) is 20.7. The lowest BCUT2D eigenvalue weighted by Crippen LogP contribution is -2.35. The van der Waals surface area contributed by atoms with Crippen molar-refractivity contribution in [2.24, 2.45) is 5.92 Å². The minimum atomic E-state index is 0.542. The predicted octanol–water partition coefficient (Wildman–Crippen LogP) is 4.07. The van der Waals surface area contributed by atoms with E-state index in [2.05, 4.69) is 55.7 Å². The van der Waals surface area contributed by atoms with E-state index >= 15 is 0 Å². The van der Waals surface area contributed by atoms with Gasteiger partial charge in [-0.05, 0) is 42.9 Å². The Morgan fingerprint density at radius 2 is 1.62 bits per heavy atom. The Hall–Kier alpha value is -2.95. The summed E-state index contributed by atoms with van der Waals surface area (Å²) in [6.07, 6.45) is 5.28. The lowest BCUT2D eigenvalue weighted by Gasteiger charge is -2.32. The van der Waals surface area contributed by atoms with Gasteiger partial charge in [-0.3, -0.25) is 0 Å². The third-order valence-corrected chi connectivity index (χ3v) is 4.88. The van der Waals surface area contributed by atoms with Crippen LogP contribution in [0.1, 0.15) is 18.4 Å². The maximum atomic E-state index is 4.64. The fraction of sp³-hybridized carbons (Fsp3) is 0.286. The van der Waals surface area contributed by atoms with Crippen LogP contribution in [0.4, 0.5) is 17.5 Å². The monoisotopic (exact) mass is 345 g/mol. The first-order valence-electron chi connectivity index (χ1n) is 9.17. The third kappa shape index (κ3) is 4.17. The number of nitrogens with zero attached hydrogens (tertiary/aromatic N) is 4. The second kappa shape index (κ2) is 7.95. The van der Waals surface area contributed by atoms with Gasteiger partial charge in [-0.15, -0.1) is 5.10 Å². The van der Waals surface area contributed by atoms with Crippen molar-refractivity contribution < 1.29 is 0 Å². The van der Waals surface area contributed by atoms with Gasteiger partial charge in [0.05, 0.1) is 6.20 Å². The highest BCUT2D eigenvalue weighted by atomic mass is 15.3. The van der Waals surface area contributed by atoms with Crippen LogP contribution in [-0.4, -0.2) is 28.3 Å². The van der Waals surface area contributed by atoms with Crippen LogP contribution in [0.15, 0.2) is 66.9 Å². The first-order chi connectivity index (χ1) is 12.9. The molecule has 2 aromatic carbocycles. The standard InChI is InChI=1S/C21H23N5/c1-3-7-17(8-4-1)15-18-11-13-26(14-12-18)20-16-22-25-21(24-20)23-19-9-5-2-6-10-19/h1-10,16,18H,11-15H2,(H,23,24,25).